The highest BCUT2D eigenvalue weighted by molar-refractivity contribution is 5.24. The van der Waals surface area contributed by atoms with Gasteiger partial charge in [0.25, 0.3) is 0 Å². The summed E-state index contributed by atoms with van der Waals surface area (Å²) in [6, 6.07) is 2.43. The van der Waals surface area contributed by atoms with E-state index in [4.69, 9.17) is 5.73 Å². The number of rotatable bonds is 5. The molecule has 2 heterocycles. The van der Waals surface area contributed by atoms with E-state index in [2.05, 4.69) is 23.8 Å². The second-order valence-corrected chi connectivity index (χ2v) is 5.83. The Labute approximate surface area is 110 Å². The molecule has 0 spiro atoms. The van der Waals surface area contributed by atoms with E-state index < -0.39 is 0 Å². The van der Waals surface area contributed by atoms with E-state index in [0.717, 1.165) is 5.92 Å². The zero-order valence-electron chi connectivity index (χ0n) is 11.7. The first-order chi connectivity index (χ1) is 8.65. The highest BCUT2D eigenvalue weighted by atomic mass is 15.3. The summed E-state index contributed by atoms with van der Waals surface area (Å²) >= 11 is 0. The summed E-state index contributed by atoms with van der Waals surface area (Å²) in [5, 5.41) is 4.32. The summed E-state index contributed by atoms with van der Waals surface area (Å²) < 4.78 is 2.04. The van der Waals surface area contributed by atoms with Crippen LogP contribution < -0.4 is 5.73 Å². The van der Waals surface area contributed by atoms with E-state index in [1.54, 1.807) is 0 Å². The average molecular weight is 250 g/mol. The topological polar surface area (TPSA) is 47.1 Å². The summed E-state index contributed by atoms with van der Waals surface area (Å²) in [4.78, 5) is 2.59. The highest BCUT2D eigenvalue weighted by Gasteiger charge is 2.20. The minimum atomic E-state index is 0.545. The molecule has 1 saturated heterocycles. The molecule has 1 aromatic rings. The average Bonchev–Trinajstić information content (AvgIpc) is 2.76. The minimum absolute atomic E-state index is 0.545. The Morgan fingerprint density at radius 3 is 2.67 bits per heavy atom. The second kappa shape index (κ2) is 6.23. The predicted octanol–water partition coefficient (Wildman–Crippen LogP) is 2.54. The van der Waals surface area contributed by atoms with Crippen LogP contribution in [0.5, 0.6) is 0 Å². The number of nitrogens with two attached hydrogens (primary N) is 1. The van der Waals surface area contributed by atoms with E-state index in [-0.39, 0.29) is 0 Å². The smallest absolute Gasteiger partial charge is 0.145 e. The number of hydrogen-bond acceptors (Lipinski definition) is 3. The lowest BCUT2D eigenvalue weighted by atomic mass is 10.0. The van der Waals surface area contributed by atoms with E-state index >= 15 is 0 Å². The highest BCUT2D eigenvalue weighted by Crippen LogP contribution is 2.22. The number of nitrogens with zero attached hydrogens (tertiary/aromatic N) is 3. The van der Waals surface area contributed by atoms with E-state index in [0.29, 0.717) is 11.9 Å². The van der Waals surface area contributed by atoms with Crippen LogP contribution in [0.25, 0.3) is 0 Å². The van der Waals surface area contributed by atoms with E-state index in [1.807, 2.05) is 16.9 Å². The lowest BCUT2D eigenvalue weighted by molar-refractivity contribution is 0.176. The molecule has 2 N–H and O–H groups in total. The number of anilines is 1. The van der Waals surface area contributed by atoms with Crippen LogP contribution >= 0.6 is 0 Å². The Bertz CT molecular complexity index is 350. The van der Waals surface area contributed by atoms with E-state index in [9.17, 15) is 0 Å². The molecule has 102 valence electrons. The lowest BCUT2D eigenvalue weighted by Gasteiger charge is -2.32. The number of aromatic nitrogens is 2. The fourth-order valence-electron chi connectivity index (χ4n) is 2.69. The Hall–Kier alpha value is -1.03. The maximum absolute atomic E-state index is 5.66. The van der Waals surface area contributed by atoms with Crippen molar-refractivity contribution in [2.45, 2.75) is 45.6 Å². The van der Waals surface area contributed by atoms with Crippen molar-refractivity contribution in [2.75, 3.05) is 25.4 Å². The van der Waals surface area contributed by atoms with Gasteiger partial charge in [0.2, 0.25) is 0 Å². The first-order valence-electron chi connectivity index (χ1n) is 7.18. The van der Waals surface area contributed by atoms with Crippen molar-refractivity contribution in [3.63, 3.8) is 0 Å². The molecule has 1 fully saturated rings. The summed E-state index contributed by atoms with van der Waals surface area (Å²) in [7, 11) is 0. The van der Waals surface area contributed by atoms with Crippen molar-refractivity contribution in [3.05, 3.63) is 12.3 Å². The first-order valence-corrected chi connectivity index (χ1v) is 7.18. The quantitative estimate of drug-likeness (QED) is 0.873. The lowest BCUT2D eigenvalue weighted by Crippen LogP contribution is -2.35. The second-order valence-electron chi connectivity index (χ2n) is 5.83. The standard InChI is InChI=1S/C14H26N4/c1-12(2)4-3-8-17-9-5-13(6-10-17)18-11-7-14(15)16-18/h7,11-13H,3-6,8-10H2,1-2H3,(H2,15,16). The molecule has 0 bridgehead atoms. The Kier molecular flexibility index (Phi) is 4.64. The van der Waals surface area contributed by atoms with Crippen molar-refractivity contribution >= 4 is 5.82 Å². The molecule has 0 saturated carbocycles. The molecule has 0 aromatic carbocycles. The van der Waals surface area contributed by atoms with Crippen molar-refractivity contribution in [1.29, 1.82) is 0 Å². The zero-order chi connectivity index (χ0) is 13.0. The summed E-state index contributed by atoms with van der Waals surface area (Å²) in [6.45, 7) is 8.25. The Morgan fingerprint density at radius 1 is 1.39 bits per heavy atom. The van der Waals surface area contributed by atoms with Gasteiger partial charge >= 0.3 is 0 Å². The molecule has 0 aliphatic carbocycles. The third kappa shape index (κ3) is 3.73. The predicted molar refractivity (Wildman–Crippen MR) is 75.4 cm³/mol. The number of hydrogen-bond donors (Lipinski definition) is 1. The molecular weight excluding hydrogens is 224 g/mol. The van der Waals surface area contributed by atoms with Crippen LogP contribution in [0.3, 0.4) is 0 Å². The van der Waals surface area contributed by atoms with Crippen LogP contribution in [-0.2, 0) is 0 Å². The van der Waals surface area contributed by atoms with Crippen LogP contribution in [0.15, 0.2) is 12.3 Å². The molecule has 4 heteroatoms. The molecule has 0 radical (unpaired) electrons. The Morgan fingerprint density at radius 2 is 2.11 bits per heavy atom. The molecule has 0 atom stereocenters. The zero-order valence-corrected chi connectivity index (χ0v) is 11.7. The van der Waals surface area contributed by atoms with Crippen LogP contribution in [0.2, 0.25) is 0 Å². The van der Waals surface area contributed by atoms with Gasteiger partial charge in [0.05, 0.1) is 6.04 Å². The van der Waals surface area contributed by atoms with Gasteiger partial charge in [-0.2, -0.15) is 5.10 Å². The molecule has 1 aromatic heterocycles. The SMILES string of the molecule is CC(C)CCCN1CCC(n2ccc(N)n2)CC1. The van der Waals surface area contributed by atoms with Gasteiger partial charge in [0.15, 0.2) is 0 Å². The molecule has 1 aliphatic rings. The maximum atomic E-state index is 5.66. The first kappa shape index (κ1) is 13.4. The summed E-state index contributed by atoms with van der Waals surface area (Å²) in [6.07, 6.45) is 7.08. The van der Waals surface area contributed by atoms with Gasteiger partial charge < -0.3 is 10.6 Å². The van der Waals surface area contributed by atoms with Gasteiger partial charge in [-0.1, -0.05) is 13.8 Å². The number of nitrogen functional groups attached to an aromatic ring is 1. The number of likely N-dealkylation sites (tertiary alicyclic amines) is 1. The summed E-state index contributed by atoms with van der Waals surface area (Å²) in [5.74, 6) is 1.46. The minimum Gasteiger partial charge on any atom is -0.382 e. The van der Waals surface area contributed by atoms with Gasteiger partial charge in [0, 0.05) is 19.3 Å². The van der Waals surface area contributed by atoms with Gasteiger partial charge in [-0.3, -0.25) is 4.68 Å². The van der Waals surface area contributed by atoms with Crippen molar-refractivity contribution in [3.8, 4) is 0 Å². The summed E-state index contributed by atoms with van der Waals surface area (Å²) in [5.41, 5.74) is 5.66. The van der Waals surface area contributed by atoms with Crippen LogP contribution in [-0.4, -0.2) is 34.3 Å². The van der Waals surface area contributed by atoms with Gasteiger partial charge in [0.1, 0.15) is 5.82 Å². The maximum Gasteiger partial charge on any atom is 0.145 e. The van der Waals surface area contributed by atoms with Crippen LogP contribution in [0, 0.1) is 5.92 Å². The molecule has 0 unspecified atom stereocenters. The van der Waals surface area contributed by atoms with Crippen molar-refractivity contribution < 1.29 is 0 Å². The normalized spacial score (nSPS) is 18.6. The fraction of sp³-hybridized carbons (Fsp3) is 0.786. The number of piperidine rings is 1. The third-order valence-electron chi connectivity index (χ3n) is 3.82. The van der Waals surface area contributed by atoms with Crippen LogP contribution in [0.1, 0.15) is 45.6 Å². The van der Waals surface area contributed by atoms with Gasteiger partial charge in [-0.25, -0.2) is 0 Å². The van der Waals surface area contributed by atoms with Crippen LogP contribution in [0.4, 0.5) is 5.82 Å². The van der Waals surface area contributed by atoms with Crippen molar-refractivity contribution in [1.82, 2.24) is 14.7 Å². The fourth-order valence-corrected chi connectivity index (χ4v) is 2.69. The van der Waals surface area contributed by atoms with E-state index in [1.165, 1.54) is 45.3 Å². The van der Waals surface area contributed by atoms with Gasteiger partial charge in [-0.15, -0.1) is 0 Å². The monoisotopic (exact) mass is 250 g/mol. The molecule has 18 heavy (non-hydrogen) atoms. The largest absolute Gasteiger partial charge is 0.382 e. The molecule has 1 aliphatic heterocycles. The Balaban J connectivity index is 1.71. The molecule has 0 amide bonds. The third-order valence-corrected chi connectivity index (χ3v) is 3.82. The van der Waals surface area contributed by atoms with Gasteiger partial charge in [-0.05, 0) is 44.2 Å². The molecule has 2 rings (SSSR count). The molecule has 4 nitrogen and oxygen atoms in total. The van der Waals surface area contributed by atoms with Crippen molar-refractivity contribution in [2.24, 2.45) is 5.92 Å². The molecular formula is C14H26N4.